The highest BCUT2D eigenvalue weighted by molar-refractivity contribution is 7.80. The SMILES string of the molecule is CCOC(=O)Cc1ccc(S)c(C=O)c1C#N. The van der Waals surface area contributed by atoms with Crippen LogP contribution in [0.1, 0.15) is 28.4 Å². The molecule has 0 aliphatic carbocycles. The lowest BCUT2D eigenvalue weighted by atomic mass is 10.0. The molecule has 5 heteroatoms. The maximum Gasteiger partial charge on any atom is 0.310 e. The number of thiol groups is 1. The van der Waals surface area contributed by atoms with Crippen molar-refractivity contribution < 1.29 is 14.3 Å². The molecule has 17 heavy (non-hydrogen) atoms. The van der Waals surface area contributed by atoms with Crippen molar-refractivity contribution in [3.63, 3.8) is 0 Å². The number of aldehydes is 1. The van der Waals surface area contributed by atoms with Gasteiger partial charge in [-0.25, -0.2) is 0 Å². The number of carbonyl (C=O) groups excluding carboxylic acids is 2. The van der Waals surface area contributed by atoms with Crippen molar-refractivity contribution >= 4 is 24.9 Å². The molecule has 0 aliphatic rings. The van der Waals surface area contributed by atoms with E-state index in [1.807, 2.05) is 6.07 Å². The molecule has 0 radical (unpaired) electrons. The van der Waals surface area contributed by atoms with Gasteiger partial charge >= 0.3 is 5.97 Å². The Balaban J connectivity index is 3.13. The third-order valence-electron chi connectivity index (χ3n) is 2.18. The lowest BCUT2D eigenvalue weighted by Crippen LogP contribution is -2.09. The van der Waals surface area contributed by atoms with E-state index in [1.54, 1.807) is 19.1 Å². The Morgan fingerprint density at radius 2 is 2.29 bits per heavy atom. The van der Waals surface area contributed by atoms with Gasteiger partial charge in [-0.1, -0.05) is 6.07 Å². The molecule has 0 aromatic heterocycles. The minimum absolute atomic E-state index is 0.0222. The molecule has 1 aromatic rings. The van der Waals surface area contributed by atoms with Gasteiger partial charge < -0.3 is 4.74 Å². The number of rotatable bonds is 4. The molecule has 0 saturated carbocycles. The van der Waals surface area contributed by atoms with Gasteiger partial charge in [-0.05, 0) is 18.6 Å². The average Bonchev–Trinajstić information content (AvgIpc) is 2.31. The van der Waals surface area contributed by atoms with E-state index in [9.17, 15) is 9.59 Å². The van der Waals surface area contributed by atoms with Crippen LogP contribution in [0.15, 0.2) is 17.0 Å². The maximum absolute atomic E-state index is 11.3. The van der Waals surface area contributed by atoms with Crippen molar-refractivity contribution in [2.45, 2.75) is 18.2 Å². The zero-order chi connectivity index (χ0) is 12.8. The first-order chi connectivity index (χ1) is 8.13. The summed E-state index contributed by atoms with van der Waals surface area (Å²) in [4.78, 5) is 22.6. The van der Waals surface area contributed by atoms with Gasteiger partial charge in [0.15, 0.2) is 6.29 Å². The standard InChI is InChI=1S/C12H11NO3S/c1-2-16-12(15)5-8-3-4-11(17)10(7-14)9(8)6-13/h3-4,7,17H,2,5H2,1H3. The summed E-state index contributed by atoms with van der Waals surface area (Å²) in [5.41, 5.74) is 0.865. The summed E-state index contributed by atoms with van der Waals surface area (Å²) in [5.74, 6) is -0.423. The number of nitrogens with zero attached hydrogens (tertiary/aromatic N) is 1. The highest BCUT2D eigenvalue weighted by Gasteiger charge is 2.14. The minimum Gasteiger partial charge on any atom is -0.466 e. The second kappa shape index (κ2) is 6.06. The lowest BCUT2D eigenvalue weighted by Gasteiger charge is -2.07. The molecule has 88 valence electrons. The largest absolute Gasteiger partial charge is 0.466 e. The zero-order valence-corrected chi connectivity index (χ0v) is 10.2. The van der Waals surface area contributed by atoms with Crippen molar-refractivity contribution in [1.29, 1.82) is 5.26 Å². The van der Waals surface area contributed by atoms with E-state index in [1.165, 1.54) is 0 Å². The number of benzene rings is 1. The average molecular weight is 249 g/mol. The van der Waals surface area contributed by atoms with Gasteiger partial charge in [0.2, 0.25) is 0 Å². The molecule has 0 unspecified atom stereocenters. The maximum atomic E-state index is 11.3. The molecule has 0 aliphatic heterocycles. The van der Waals surface area contributed by atoms with E-state index in [2.05, 4.69) is 12.6 Å². The van der Waals surface area contributed by atoms with Crippen molar-refractivity contribution in [2.24, 2.45) is 0 Å². The van der Waals surface area contributed by atoms with Gasteiger partial charge in [0.25, 0.3) is 0 Å². The predicted octanol–water partition coefficient (Wildman–Crippen LogP) is 1.77. The Kier molecular flexibility index (Phi) is 4.73. The van der Waals surface area contributed by atoms with E-state index < -0.39 is 5.97 Å². The summed E-state index contributed by atoms with van der Waals surface area (Å²) in [6.07, 6.45) is 0.543. The molecular formula is C12H11NO3S. The lowest BCUT2D eigenvalue weighted by molar-refractivity contribution is -0.142. The normalized spacial score (nSPS) is 9.47. The Labute approximate surface area is 105 Å². The molecule has 4 nitrogen and oxygen atoms in total. The topological polar surface area (TPSA) is 67.2 Å². The van der Waals surface area contributed by atoms with Crippen molar-refractivity contribution in [2.75, 3.05) is 6.61 Å². The third kappa shape index (κ3) is 3.08. The number of hydrogen-bond donors (Lipinski definition) is 1. The third-order valence-corrected chi connectivity index (χ3v) is 2.57. The van der Waals surface area contributed by atoms with Gasteiger partial charge in [-0.2, -0.15) is 5.26 Å². The first kappa shape index (κ1) is 13.3. The summed E-state index contributed by atoms with van der Waals surface area (Å²) >= 11 is 4.08. The highest BCUT2D eigenvalue weighted by atomic mass is 32.1. The molecule has 1 aromatic carbocycles. The zero-order valence-electron chi connectivity index (χ0n) is 9.27. The van der Waals surface area contributed by atoms with E-state index in [-0.39, 0.29) is 24.2 Å². The van der Waals surface area contributed by atoms with Crippen molar-refractivity contribution in [3.8, 4) is 6.07 Å². The van der Waals surface area contributed by atoms with Crippen LogP contribution in [0.4, 0.5) is 0 Å². The number of esters is 1. The quantitative estimate of drug-likeness (QED) is 0.501. The highest BCUT2D eigenvalue weighted by Crippen LogP contribution is 2.20. The molecule has 0 bridgehead atoms. The van der Waals surface area contributed by atoms with Crippen LogP contribution in [0.5, 0.6) is 0 Å². The van der Waals surface area contributed by atoms with Crippen molar-refractivity contribution in [1.82, 2.24) is 0 Å². The number of ether oxygens (including phenoxy) is 1. The second-order valence-corrected chi connectivity index (χ2v) is 3.73. The molecule has 1 rings (SSSR count). The smallest absolute Gasteiger partial charge is 0.310 e. The molecule has 0 saturated heterocycles. The van der Waals surface area contributed by atoms with E-state index >= 15 is 0 Å². The Bertz CT molecular complexity index is 491. The summed E-state index contributed by atoms with van der Waals surface area (Å²) in [7, 11) is 0. The van der Waals surface area contributed by atoms with Crippen LogP contribution in [0.25, 0.3) is 0 Å². The molecule has 0 atom stereocenters. The first-order valence-electron chi connectivity index (χ1n) is 4.99. The molecular weight excluding hydrogens is 238 g/mol. The van der Waals surface area contributed by atoms with Gasteiger partial charge in [-0.3, -0.25) is 9.59 Å². The van der Waals surface area contributed by atoms with Gasteiger partial charge in [0.05, 0.1) is 18.6 Å². The Morgan fingerprint density at radius 3 is 2.82 bits per heavy atom. The molecule has 0 heterocycles. The van der Waals surface area contributed by atoms with Crippen LogP contribution in [0.3, 0.4) is 0 Å². The summed E-state index contributed by atoms with van der Waals surface area (Å²) in [6, 6.07) is 5.10. The molecule has 0 spiro atoms. The molecule has 0 fully saturated rings. The van der Waals surface area contributed by atoms with Gasteiger partial charge in [0, 0.05) is 10.5 Å². The van der Waals surface area contributed by atoms with Crippen LogP contribution in [-0.4, -0.2) is 18.9 Å². The fourth-order valence-corrected chi connectivity index (χ4v) is 1.66. The first-order valence-corrected chi connectivity index (χ1v) is 5.44. The molecule has 0 amide bonds. The van der Waals surface area contributed by atoms with Crippen LogP contribution < -0.4 is 0 Å². The number of nitriles is 1. The van der Waals surface area contributed by atoms with E-state index in [0.717, 1.165) is 0 Å². The van der Waals surface area contributed by atoms with Crippen LogP contribution in [0, 0.1) is 11.3 Å². The van der Waals surface area contributed by atoms with Gasteiger partial charge in [0.1, 0.15) is 6.07 Å². The van der Waals surface area contributed by atoms with E-state index in [4.69, 9.17) is 10.00 Å². The van der Waals surface area contributed by atoms with Crippen LogP contribution >= 0.6 is 12.6 Å². The second-order valence-electron chi connectivity index (χ2n) is 3.24. The predicted molar refractivity (Wildman–Crippen MR) is 64.1 cm³/mol. The summed E-state index contributed by atoms with van der Waals surface area (Å²) in [6.45, 7) is 1.99. The summed E-state index contributed by atoms with van der Waals surface area (Å²) < 4.78 is 4.79. The summed E-state index contributed by atoms with van der Waals surface area (Å²) in [5, 5.41) is 9.00. The Hall–Kier alpha value is -1.80. The van der Waals surface area contributed by atoms with Crippen molar-refractivity contribution in [3.05, 3.63) is 28.8 Å². The number of hydrogen-bond acceptors (Lipinski definition) is 5. The van der Waals surface area contributed by atoms with Crippen LogP contribution in [0.2, 0.25) is 0 Å². The van der Waals surface area contributed by atoms with E-state index in [0.29, 0.717) is 16.7 Å². The number of carbonyl (C=O) groups is 2. The van der Waals surface area contributed by atoms with Gasteiger partial charge in [-0.15, -0.1) is 12.6 Å². The minimum atomic E-state index is -0.423. The molecule has 0 N–H and O–H groups in total. The Morgan fingerprint density at radius 1 is 1.59 bits per heavy atom. The fourth-order valence-electron chi connectivity index (χ4n) is 1.42. The monoisotopic (exact) mass is 249 g/mol. The van der Waals surface area contributed by atoms with Crippen LogP contribution in [-0.2, 0) is 16.0 Å². The fraction of sp³-hybridized carbons (Fsp3) is 0.250.